The normalized spacial score (nSPS) is 10.8. The standard InChI is InChI=1S/C32H38B2N2O5/c1-37-31-15-11-29(12-16-31)33(40-21-19-35)27-7-3-25(4-8-27)23-39-24-26-5-9-28(10-6-26)34(41-22-20-36)30-13-17-32(38-2)18-14-30/h3-18H,19-24,35-36H2,1-2H3. The van der Waals surface area contributed by atoms with Crippen LogP contribution in [0.5, 0.6) is 11.5 Å². The zero-order valence-corrected chi connectivity index (χ0v) is 23.8. The number of hydrogen-bond donors (Lipinski definition) is 2. The molecule has 41 heavy (non-hydrogen) atoms. The lowest BCUT2D eigenvalue weighted by Crippen LogP contribution is -2.45. The van der Waals surface area contributed by atoms with Gasteiger partial charge in [0, 0.05) is 26.3 Å². The Labute approximate surface area is 243 Å². The van der Waals surface area contributed by atoms with Crippen LogP contribution in [0.15, 0.2) is 97.1 Å². The third kappa shape index (κ3) is 8.70. The molecule has 0 amide bonds. The van der Waals surface area contributed by atoms with Gasteiger partial charge in [-0.1, -0.05) is 72.8 Å². The van der Waals surface area contributed by atoms with E-state index in [0.29, 0.717) is 39.5 Å². The van der Waals surface area contributed by atoms with Crippen LogP contribution in [-0.2, 0) is 27.3 Å². The van der Waals surface area contributed by atoms with Crippen LogP contribution >= 0.6 is 0 Å². The molecule has 0 saturated heterocycles. The molecule has 4 aromatic carbocycles. The lowest BCUT2D eigenvalue weighted by molar-refractivity contribution is 0.107. The maximum Gasteiger partial charge on any atom is 0.361 e. The number of ether oxygens (including phenoxy) is 3. The van der Waals surface area contributed by atoms with Gasteiger partial charge in [-0.05, 0) is 57.2 Å². The number of hydrogen-bond acceptors (Lipinski definition) is 7. The van der Waals surface area contributed by atoms with Crippen LogP contribution in [0.2, 0.25) is 0 Å². The molecule has 4 rings (SSSR count). The van der Waals surface area contributed by atoms with E-state index in [1.165, 1.54) is 0 Å². The van der Waals surface area contributed by atoms with Crippen molar-refractivity contribution in [2.24, 2.45) is 11.5 Å². The molecule has 0 spiro atoms. The van der Waals surface area contributed by atoms with Gasteiger partial charge in [0.2, 0.25) is 0 Å². The Morgan fingerprint density at radius 2 is 0.805 bits per heavy atom. The average molecular weight is 552 g/mol. The lowest BCUT2D eigenvalue weighted by atomic mass is 9.55. The fraction of sp³-hybridized carbons (Fsp3) is 0.250. The molecule has 9 heteroatoms. The summed E-state index contributed by atoms with van der Waals surface area (Å²) in [5.74, 6) is 1.62. The van der Waals surface area contributed by atoms with Crippen molar-refractivity contribution in [3.05, 3.63) is 108 Å². The Bertz CT molecular complexity index is 1200. The first-order valence-electron chi connectivity index (χ1n) is 13.8. The van der Waals surface area contributed by atoms with Crippen LogP contribution in [0.4, 0.5) is 0 Å². The average Bonchev–Trinajstić information content (AvgIpc) is 3.03. The Morgan fingerprint density at radius 3 is 1.10 bits per heavy atom. The summed E-state index contributed by atoms with van der Waals surface area (Å²) in [6.07, 6.45) is 0. The van der Waals surface area contributed by atoms with Crippen LogP contribution in [-0.4, -0.2) is 54.4 Å². The van der Waals surface area contributed by atoms with E-state index in [4.69, 9.17) is 35.0 Å². The zero-order chi connectivity index (χ0) is 28.9. The van der Waals surface area contributed by atoms with E-state index < -0.39 is 0 Å². The number of nitrogens with two attached hydrogens (primary N) is 2. The van der Waals surface area contributed by atoms with Gasteiger partial charge in [-0.2, -0.15) is 0 Å². The minimum atomic E-state index is -0.200. The summed E-state index contributed by atoms with van der Waals surface area (Å²) in [5.41, 5.74) is 17.8. The molecule has 0 fully saturated rings. The molecule has 0 atom stereocenters. The van der Waals surface area contributed by atoms with Gasteiger partial charge < -0.3 is 35.0 Å². The Morgan fingerprint density at radius 1 is 0.488 bits per heavy atom. The second-order valence-corrected chi connectivity index (χ2v) is 9.60. The second kappa shape index (κ2) is 16.0. The molecule has 0 aliphatic heterocycles. The van der Waals surface area contributed by atoms with E-state index in [2.05, 4.69) is 48.5 Å². The minimum Gasteiger partial charge on any atom is -0.497 e. The molecule has 0 heterocycles. The highest BCUT2D eigenvalue weighted by Crippen LogP contribution is 2.10. The van der Waals surface area contributed by atoms with Gasteiger partial charge in [-0.3, -0.25) is 0 Å². The quantitative estimate of drug-likeness (QED) is 0.204. The summed E-state index contributed by atoms with van der Waals surface area (Å²) < 4.78 is 28.8. The molecular formula is C32H38B2N2O5. The molecule has 0 aromatic heterocycles. The first-order chi connectivity index (χ1) is 20.1. The molecule has 0 unspecified atom stereocenters. The van der Waals surface area contributed by atoms with Crippen LogP contribution in [0.3, 0.4) is 0 Å². The van der Waals surface area contributed by atoms with Crippen molar-refractivity contribution >= 4 is 35.7 Å². The van der Waals surface area contributed by atoms with E-state index in [0.717, 1.165) is 44.5 Å². The van der Waals surface area contributed by atoms with Gasteiger partial charge in [-0.25, -0.2) is 0 Å². The molecule has 0 bridgehead atoms. The molecular weight excluding hydrogens is 514 g/mol. The highest BCUT2D eigenvalue weighted by atomic mass is 16.5. The van der Waals surface area contributed by atoms with Crippen molar-refractivity contribution in [3.63, 3.8) is 0 Å². The predicted molar refractivity (Wildman–Crippen MR) is 167 cm³/mol. The summed E-state index contributed by atoms with van der Waals surface area (Å²) in [6.45, 7) is 2.48. The van der Waals surface area contributed by atoms with Crippen molar-refractivity contribution in [1.82, 2.24) is 0 Å². The minimum absolute atomic E-state index is 0.200. The Kier molecular flexibility index (Phi) is 11.9. The zero-order valence-electron chi connectivity index (χ0n) is 23.8. The molecule has 4 N–H and O–H groups in total. The molecule has 0 radical (unpaired) electrons. The smallest absolute Gasteiger partial charge is 0.361 e. The van der Waals surface area contributed by atoms with E-state index in [1.54, 1.807) is 14.2 Å². The van der Waals surface area contributed by atoms with Crippen molar-refractivity contribution in [2.75, 3.05) is 40.5 Å². The summed E-state index contributed by atoms with van der Waals surface area (Å²) >= 11 is 0. The van der Waals surface area contributed by atoms with E-state index in [9.17, 15) is 0 Å². The summed E-state index contributed by atoms with van der Waals surface area (Å²) in [7, 11) is 3.32. The number of benzene rings is 4. The van der Waals surface area contributed by atoms with Crippen molar-refractivity contribution in [2.45, 2.75) is 13.2 Å². The monoisotopic (exact) mass is 552 g/mol. The van der Waals surface area contributed by atoms with Gasteiger partial charge >= 0.3 is 13.8 Å². The van der Waals surface area contributed by atoms with Crippen LogP contribution in [0, 0.1) is 0 Å². The molecule has 0 aliphatic carbocycles. The van der Waals surface area contributed by atoms with E-state index >= 15 is 0 Å². The van der Waals surface area contributed by atoms with Gasteiger partial charge in [-0.15, -0.1) is 0 Å². The maximum atomic E-state index is 6.08. The topological polar surface area (TPSA) is 98.2 Å². The van der Waals surface area contributed by atoms with Gasteiger partial charge in [0.25, 0.3) is 0 Å². The first-order valence-corrected chi connectivity index (χ1v) is 13.8. The molecule has 4 aromatic rings. The summed E-state index contributed by atoms with van der Waals surface area (Å²) in [5, 5.41) is 0. The van der Waals surface area contributed by atoms with E-state index in [-0.39, 0.29) is 13.8 Å². The Hall–Kier alpha value is -3.59. The van der Waals surface area contributed by atoms with Crippen molar-refractivity contribution in [1.29, 1.82) is 0 Å². The fourth-order valence-electron chi connectivity index (χ4n) is 4.56. The van der Waals surface area contributed by atoms with Crippen LogP contribution in [0.1, 0.15) is 11.1 Å². The fourth-order valence-corrected chi connectivity index (χ4v) is 4.56. The van der Waals surface area contributed by atoms with Crippen molar-refractivity contribution < 1.29 is 23.5 Å². The first kappa shape index (κ1) is 30.4. The van der Waals surface area contributed by atoms with E-state index in [1.807, 2.05) is 48.5 Å². The second-order valence-electron chi connectivity index (χ2n) is 9.60. The highest BCUT2D eigenvalue weighted by Gasteiger charge is 2.22. The van der Waals surface area contributed by atoms with Crippen LogP contribution < -0.4 is 42.8 Å². The van der Waals surface area contributed by atoms with Gasteiger partial charge in [0.1, 0.15) is 11.5 Å². The summed E-state index contributed by atoms with van der Waals surface area (Å²) in [6, 6.07) is 32.5. The SMILES string of the molecule is COc1ccc(B(OCCN)c2ccc(COCc3ccc(B(OCCN)c4ccc(OC)cc4)cc3)cc2)cc1. The molecule has 0 saturated carbocycles. The van der Waals surface area contributed by atoms with Crippen molar-refractivity contribution in [3.8, 4) is 11.5 Å². The third-order valence-corrected chi connectivity index (χ3v) is 6.74. The third-order valence-electron chi connectivity index (χ3n) is 6.74. The van der Waals surface area contributed by atoms with Gasteiger partial charge in [0.05, 0.1) is 27.4 Å². The Balaban J connectivity index is 1.35. The number of methoxy groups -OCH3 is 2. The summed E-state index contributed by atoms with van der Waals surface area (Å²) in [4.78, 5) is 0. The van der Waals surface area contributed by atoms with Gasteiger partial charge in [0.15, 0.2) is 0 Å². The predicted octanol–water partition coefficient (Wildman–Crippen LogP) is 1.58. The molecule has 0 aliphatic rings. The largest absolute Gasteiger partial charge is 0.497 e. The van der Waals surface area contributed by atoms with Crippen LogP contribution in [0.25, 0.3) is 0 Å². The highest BCUT2D eigenvalue weighted by molar-refractivity contribution is 6.80. The number of rotatable bonds is 16. The molecule has 7 nitrogen and oxygen atoms in total. The maximum absolute atomic E-state index is 6.08. The molecule has 212 valence electrons. The lowest BCUT2D eigenvalue weighted by Gasteiger charge is -2.16.